The molecule has 9 heteroatoms. The minimum atomic E-state index is -0.784. The molecule has 0 amide bonds. The fraction of sp³-hybridized carbons (Fsp3) is 0.185. The number of ketones is 1. The van der Waals surface area contributed by atoms with Crippen LogP contribution in [0, 0.1) is 0 Å². The zero-order chi connectivity index (χ0) is 26.0. The number of H-pyrrole nitrogens is 1. The van der Waals surface area contributed by atoms with E-state index in [4.69, 9.17) is 9.47 Å². The number of para-hydroxylation sites is 2. The van der Waals surface area contributed by atoms with E-state index in [2.05, 4.69) is 15.3 Å². The summed E-state index contributed by atoms with van der Waals surface area (Å²) >= 11 is 0. The number of benzene rings is 3. The molecule has 0 fully saturated rings. The van der Waals surface area contributed by atoms with Crippen molar-refractivity contribution in [1.29, 1.82) is 0 Å². The summed E-state index contributed by atoms with van der Waals surface area (Å²) in [4.78, 5) is 46.5. The third kappa shape index (κ3) is 4.63. The Kier molecular flexibility index (Phi) is 6.73. The van der Waals surface area contributed by atoms with Crippen molar-refractivity contribution >= 4 is 40.4 Å². The predicted octanol–water partition coefficient (Wildman–Crippen LogP) is 4.94. The monoisotopic (exact) mass is 487 g/mol. The number of imidazole rings is 1. The van der Waals surface area contributed by atoms with Crippen LogP contribution in [0.2, 0.25) is 0 Å². The number of fused-ring (bicyclic) bond motifs is 1. The molecule has 4 aromatic rings. The van der Waals surface area contributed by atoms with Gasteiger partial charge in [-0.3, -0.25) is 4.79 Å². The van der Waals surface area contributed by atoms with Crippen LogP contribution in [0.1, 0.15) is 62.0 Å². The second-order valence-electron chi connectivity index (χ2n) is 8.42. The molecule has 0 spiro atoms. The van der Waals surface area contributed by atoms with Gasteiger partial charge in [-0.1, -0.05) is 32.0 Å². The molecule has 3 N–H and O–H groups in total. The molecule has 0 aliphatic heterocycles. The summed E-state index contributed by atoms with van der Waals surface area (Å²) < 4.78 is 9.87. The minimum Gasteiger partial charge on any atom is -0.507 e. The van der Waals surface area contributed by atoms with Crippen molar-refractivity contribution in [2.45, 2.75) is 19.8 Å². The van der Waals surface area contributed by atoms with Gasteiger partial charge in [-0.15, -0.1) is 0 Å². The lowest BCUT2D eigenvalue weighted by atomic mass is 9.93. The molecular weight excluding hydrogens is 462 g/mol. The van der Waals surface area contributed by atoms with Crippen molar-refractivity contribution in [3.05, 3.63) is 82.4 Å². The maximum absolute atomic E-state index is 13.5. The normalized spacial score (nSPS) is 10.9. The summed E-state index contributed by atoms with van der Waals surface area (Å²) in [5.74, 6) is -1.97. The Morgan fingerprint density at radius 2 is 1.56 bits per heavy atom. The van der Waals surface area contributed by atoms with Crippen molar-refractivity contribution in [1.82, 2.24) is 9.97 Å². The first kappa shape index (κ1) is 24.5. The van der Waals surface area contributed by atoms with E-state index >= 15 is 0 Å². The highest BCUT2D eigenvalue weighted by Gasteiger charge is 2.26. The fourth-order valence-electron chi connectivity index (χ4n) is 3.83. The molecule has 4 rings (SSSR count). The van der Waals surface area contributed by atoms with Gasteiger partial charge in [0.25, 0.3) is 0 Å². The van der Waals surface area contributed by atoms with E-state index in [0.29, 0.717) is 5.52 Å². The number of aromatic amines is 1. The summed E-state index contributed by atoms with van der Waals surface area (Å²) in [7, 11) is 2.38. The minimum absolute atomic E-state index is 0.00200. The Bertz CT molecular complexity index is 1420. The number of aromatic hydroxyl groups is 1. The van der Waals surface area contributed by atoms with Gasteiger partial charge in [0.2, 0.25) is 5.95 Å². The number of nitrogens with zero attached hydrogens (tertiary/aromatic N) is 1. The van der Waals surface area contributed by atoms with E-state index in [0.717, 1.165) is 11.1 Å². The second kappa shape index (κ2) is 9.91. The number of carbonyl (C=O) groups excluding carboxylic acids is 3. The fourth-order valence-corrected chi connectivity index (χ4v) is 3.83. The van der Waals surface area contributed by atoms with Gasteiger partial charge in [0.05, 0.1) is 47.6 Å². The maximum atomic E-state index is 13.5. The van der Waals surface area contributed by atoms with Gasteiger partial charge in [0.1, 0.15) is 5.75 Å². The van der Waals surface area contributed by atoms with Crippen LogP contribution in [0.15, 0.2) is 54.6 Å². The first-order chi connectivity index (χ1) is 17.2. The Hall–Kier alpha value is -4.66. The summed E-state index contributed by atoms with van der Waals surface area (Å²) in [6.45, 7) is 3.92. The number of methoxy groups -OCH3 is 2. The summed E-state index contributed by atoms with van der Waals surface area (Å²) in [6, 6.07) is 14.7. The number of rotatable bonds is 7. The molecule has 0 radical (unpaired) electrons. The molecule has 0 unspecified atom stereocenters. The highest BCUT2D eigenvalue weighted by Crippen LogP contribution is 2.32. The molecular formula is C27H25N3O6. The van der Waals surface area contributed by atoms with Crippen LogP contribution < -0.4 is 5.32 Å². The lowest BCUT2D eigenvalue weighted by Gasteiger charge is -2.16. The molecule has 0 bridgehead atoms. The maximum Gasteiger partial charge on any atom is 0.340 e. The predicted molar refractivity (Wildman–Crippen MR) is 134 cm³/mol. The Balaban J connectivity index is 1.88. The number of phenolic OH excluding ortho intramolecular Hbond substituents is 1. The van der Waals surface area contributed by atoms with Crippen LogP contribution in [-0.2, 0) is 9.47 Å². The van der Waals surface area contributed by atoms with E-state index in [1.54, 1.807) is 18.2 Å². The van der Waals surface area contributed by atoms with Gasteiger partial charge in [0.15, 0.2) is 5.78 Å². The topological polar surface area (TPSA) is 131 Å². The van der Waals surface area contributed by atoms with E-state index in [-0.39, 0.29) is 45.6 Å². The average molecular weight is 488 g/mol. The number of anilines is 2. The summed E-state index contributed by atoms with van der Waals surface area (Å²) in [6.07, 6.45) is 0. The van der Waals surface area contributed by atoms with E-state index in [1.807, 2.05) is 32.0 Å². The quantitative estimate of drug-likeness (QED) is 0.247. The molecule has 0 atom stereocenters. The van der Waals surface area contributed by atoms with Crippen molar-refractivity contribution in [3.63, 3.8) is 0 Å². The molecule has 184 valence electrons. The third-order valence-electron chi connectivity index (χ3n) is 5.78. The first-order valence-electron chi connectivity index (χ1n) is 11.2. The molecule has 36 heavy (non-hydrogen) atoms. The summed E-state index contributed by atoms with van der Waals surface area (Å²) in [5, 5.41) is 13.4. The number of hydrogen-bond donors (Lipinski definition) is 3. The van der Waals surface area contributed by atoms with Crippen molar-refractivity contribution in [2.24, 2.45) is 0 Å². The van der Waals surface area contributed by atoms with Crippen LogP contribution in [0.4, 0.5) is 11.6 Å². The largest absolute Gasteiger partial charge is 0.507 e. The van der Waals surface area contributed by atoms with Crippen LogP contribution >= 0.6 is 0 Å². The molecule has 0 saturated heterocycles. The standard InChI is InChI=1S/C27H25N3O6/c1-14(2)15-9-10-22(31)17(11-15)24(32)16-12-18(25(33)35-3)23(19(13-16)26(34)36-4)30-27-28-20-7-5-6-8-21(20)29-27/h5-14,31H,1-4H3,(H2,28,29,30). The molecule has 1 heterocycles. The van der Waals surface area contributed by atoms with Crippen molar-refractivity contribution < 1.29 is 29.0 Å². The van der Waals surface area contributed by atoms with Crippen LogP contribution in [0.3, 0.4) is 0 Å². The molecule has 0 aliphatic rings. The number of aromatic nitrogens is 2. The van der Waals surface area contributed by atoms with E-state index in [9.17, 15) is 19.5 Å². The van der Waals surface area contributed by atoms with Crippen molar-refractivity contribution in [3.8, 4) is 5.75 Å². The lowest BCUT2D eigenvalue weighted by molar-refractivity contribution is 0.0601. The Labute approximate surface area is 207 Å². The highest BCUT2D eigenvalue weighted by molar-refractivity contribution is 6.15. The van der Waals surface area contributed by atoms with Crippen LogP contribution in [0.5, 0.6) is 5.75 Å². The van der Waals surface area contributed by atoms with Gasteiger partial charge in [0, 0.05) is 5.56 Å². The molecule has 1 aromatic heterocycles. The smallest absolute Gasteiger partial charge is 0.340 e. The number of phenols is 1. The Morgan fingerprint density at radius 3 is 2.14 bits per heavy atom. The lowest BCUT2D eigenvalue weighted by Crippen LogP contribution is -2.15. The zero-order valence-electron chi connectivity index (χ0n) is 20.2. The number of ether oxygens (including phenoxy) is 2. The van der Waals surface area contributed by atoms with E-state index < -0.39 is 17.7 Å². The second-order valence-corrected chi connectivity index (χ2v) is 8.42. The number of nitrogens with one attached hydrogen (secondary N) is 2. The molecule has 0 aliphatic carbocycles. The number of esters is 2. The van der Waals surface area contributed by atoms with Gasteiger partial charge in [-0.25, -0.2) is 14.6 Å². The third-order valence-corrected chi connectivity index (χ3v) is 5.78. The van der Waals surface area contributed by atoms with Gasteiger partial charge in [-0.2, -0.15) is 0 Å². The molecule has 9 nitrogen and oxygen atoms in total. The highest BCUT2D eigenvalue weighted by atomic mass is 16.5. The number of carbonyl (C=O) groups is 3. The van der Waals surface area contributed by atoms with Gasteiger partial charge < -0.3 is 24.9 Å². The summed E-state index contributed by atoms with van der Waals surface area (Å²) in [5.41, 5.74) is 2.21. The zero-order valence-corrected chi connectivity index (χ0v) is 20.2. The van der Waals surface area contributed by atoms with Crippen molar-refractivity contribution in [2.75, 3.05) is 19.5 Å². The first-order valence-corrected chi connectivity index (χ1v) is 11.2. The van der Waals surface area contributed by atoms with Crippen LogP contribution in [0.25, 0.3) is 11.0 Å². The Morgan fingerprint density at radius 1 is 0.917 bits per heavy atom. The SMILES string of the molecule is COC(=O)c1cc(C(=O)c2cc(C(C)C)ccc2O)cc(C(=O)OC)c1Nc1nc2ccccc2[nH]1. The van der Waals surface area contributed by atoms with Crippen LogP contribution in [-0.4, -0.2) is 47.0 Å². The van der Waals surface area contributed by atoms with Gasteiger partial charge >= 0.3 is 11.9 Å². The molecule has 3 aromatic carbocycles. The van der Waals surface area contributed by atoms with Gasteiger partial charge in [-0.05, 0) is 47.9 Å². The average Bonchev–Trinajstić information content (AvgIpc) is 3.30. The van der Waals surface area contributed by atoms with E-state index in [1.165, 1.54) is 32.4 Å². The molecule has 0 saturated carbocycles. The number of hydrogen-bond acceptors (Lipinski definition) is 8.